The molecule has 5 nitrogen and oxygen atoms in total. The summed E-state index contributed by atoms with van der Waals surface area (Å²) < 4.78 is 12.6. The molecule has 0 unspecified atom stereocenters. The highest BCUT2D eigenvalue weighted by atomic mass is 16.5. The molecule has 19 heavy (non-hydrogen) atoms. The van der Waals surface area contributed by atoms with Gasteiger partial charge in [0.2, 0.25) is 0 Å². The fraction of sp³-hybridized carbons (Fsp3) is 0.357. The van der Waals surface area contributed by atoms with E-state index < -0.39 is 0 Å². The van der Waals surface area contributed by atoms with E-state index in [2.05, 4.69) is 10.3 Å². The molecule has 0 atom stereocenters. The average Bonchev–Trinajstić information content (AvgIpc) is 2.84. The van der Waals surface area contributed by atoms with Gasteiger partial charge in [-0.2, -0.15) is 0 Å². The van der Waals surface area contributed by atoms with Crippen molar-refractivity contribution in [3.8, 4) is 11.5 Å². The maximum Gasteiger partial charge on any atom is 0.123 e. The van der Waals surface area contributed by atoms with Crippen LogP contribution in [0.5, 0.6) is 11.5 Å². The lowest BCUT2D eigenvalue weighted by molar-refractivity contribution is 0.397. The molecular formula is C14H19N3O2. The van der Waals surface area contributed by atoms with Gasteiger partial charge in [-0.3, -0.25) is 0 Å². The van der Waals surface area contributed by atoms with Gasteiger partial charge in [-0.25, -0.2) is 4.98 Å². The molecular weight excluding hydrogens is 242 g/mol. The highest BCUT2D eigenvalue weighted by Gasteiger charge is 2.05. The lowest BCUT2D eigenvalue weighted by Crippen LogP contribution is -2.16. The normalized spacial score (nSPS) is 10.5. The summed E-state index contributed by atoms with van der Waals surface area (Å²) in [5, 5.41) is 3.35. The van der Waals surface area contributed by atoms with Crippen molar-refractivity contribution in [1.29, 1.82) is 0 Å². The molecule has 0 aliphatic heterocycles. The fourth-order valence-corrected chi connectivity index (χ4v) is 1.90. The minimum atomic E-state index is 0.702. The third-order valence-electron chi connectivity index (χ3n) is 3.01. The number of hydrogen-bond donors (Lipinski definition) is 1. The Hall–Kier alpha value is -2.01. The molecule has 0 saturated heterocycles. The molecule has 0 radical (unpaired) electrons. The van der Waals surface area contributed by atoms with E-state index in [1.807, 2.05) is 36.0 Å². The number of aromatic nitrogens is 2. The van der Waals surface area contributed by atoms with Crippen LogP contribution in [-0.2, 0) is 20.1 Å². The van der Waals surface area contributed by atoms with Gasteiger partial charge in [0.25, 0.3) is 0 Å². The van der Waals surface area contributed by atoms with Crippen LogP contribution in [0.15, 0.2) is 30.6 Å². The second-order valence-corrected chi connectivity index (χ2v) is 4.24. The van der Waals surface area contributed by atoms with Crippen molar-refractivity contribution in [2.24, 2.45) is 7.05 Å². The molecule has 1 heterocycles. The monoisotopic (exact) mass is 261 g/mol. The van der Waals surface area contributed by atoms with E-state index in [9.17, 15) is 0 Å². The van der Waals surface area contributed by atoms with Gasteiger partial charge in [-0.05, 0) is 18.2 Å². The quantitative estimate of drug-likeness (QED) is 0.860. The Balaban J connectivity index is 2.00. The van der Waals surface area contributed by atoms with E-state index in [0.717, 1.165) is 22.9 Å². The zero-order valence-electron chi connectivity index (χ0n) is 11.5. The second kappa shape index (κ2) is 6.24. The Morgan fingerprint density at radius 2 is 2.05 bits per heavy atom. The van der Waals surface area contributed by atoms with Gasteiger partial charge in [-0.1, -0.05) is 0 Å². The summed E-state index contributed by atoms with van der Waals surface area (Å²) in [5.74, 6) is 2.68. The molecule has 2 aromatic rings. The molecule has 1 N–H and O–H groups in total. The minimum absolute atomic E-state index is 0.702. The third-order valence-corrected chi connectivity index (χ3v) is 3.01. The molecule has 0 saturated carbocycles. The zero-order chi connectivity index (χ0) is 13.7. The smallest absolute Gasteiger partial charge is 0.123 e. The summed E-state index contributed by atoms with van der Waals surface area (Å²) in [5.41, 5.74) is 1.07. The van der Waals surface area contributed by atoms with Crippen molar-refractivity contribution in [1.82, 2.24) is 14.9 Å². The average molecular weight is 261 g/mol. The first-order chi connectivity index (χ1) is 9.24. The van der Waals surface area contributed by atoms with Crippen LogP contribution in [0.25, 0.3) is 0 Å². The van der Waals surface area contributed by atoms with Crippen LogP contribution in [-0.4, -0.2) is 23.8 Å². The molecule has 5 heteroatoms. The first kappa shape index (κ1) is 13.4. The number of ether oxygens (including phenoxy) is 2. The Morgan fingerprint density at radius 3 is 2.68 bits per heavy atom. The molecule has 0 aliphatic carbocycles. The maximum absolute atomic E-state index is 5.34. The number of hydrogen-bond acceptors (Lipinski definition) is 4. The van der Waals surface area contributed by atoms with Crippen molar-refractivity contribution < 1.29 is 9.47 Å². The Kier molecular flexibility index (Phi) is 4.41. The molecule has 0 spiro atoms. The van der Waals surface area contributed by atoms with Gasteiger partial charge in [0.1, 0.15) is 17.3 Å². The van der Waals surface area contributed by atoms with Crippen molar-refractivity contribution in [2.75, 3.05) is 14.2 Å². The first-order valence-electron chi connectivity index (χ1n) is 6.12. The summed E-state index contributed by atoms with van der Waals surface area (Å²) in [7, 11) is 5.31. The summed E-state index contributed by atoms with van der Waals surface area (Å²) in [6.07, 6.45) is 3.73. The lowest BCUT2D eigenvalue weighted by Gasteiger charge is -2.11. The van der Waals surface area contributed by atoms with E-state index in [1.165, 1.54) is 0 Å². The summed E-state index contributed by atoms with van der Waals surface area (Å²) in [6, 6.07) is 5.78. The number of aryl methyl sites for hydroxylation is 1. The maximum atomic E-state index is 5.34. The van der Waals surface area contributed by atoms with Gasteiger partial charge in [-0.15, -0.1) is 0 Å². The predicted octanol–water partition coefficient (Wildman–Crippen LogP) is 1.73. The number of nitrogens with zero attached hydrogens (tertiary/aromatic N) is 2. The van der Waals surface area contributed by atoms with Gasteiger partial charge in [0, 0.05) is 31.5 Å². The number of rotatable bonds is 6. The number of methoxy groups -OCH3 is 2. The summed E-state index contributed by atoms with van der Waals surface area (Å²) >= 11 is 0. The molecule has 0 aliphatic rings. The van der Waals surface area contributed by atoms with E-state index in [1.54, 1.807) is 20.4 Å². The van der Waals surface area contributed by atoms with Crippen LogP contribution >= 0.6 is 0 Å². The van der Waals surface area contributed by atoms with Crippen molar-refractivity contribution >= 4 is 0 Å². The topological polar surface area (TPSA) is 48.3 Å². The van der Waals surface area contributed by atoms with Gasteiger partial charge < -0.3 is 19.4 Å². The molecule has 102 valence electrons. The number of benzene rings is 1. The third kappa shape index (κ3) is 3.26. The minimum Gasteiger partial charge on any atom is -0.497 e. The first-order valence-corrected chi connectivity index (χ1v) is 6.12. The summed E-state index contributed by atoms with van der Waals surface area (Å²) in [6.45, 7) is 1.41. The van der Waals surface area contributed by atoms with Crippen molar-refractivity contribution in [3.63, 3.8) is 0 Å². The summed E-state index contributed by atoms with van der Waals surface area (Å²) in [4.78, 5) is 4.27. The number of imidazole rings is 1. The van der Waals surface area contributed by atoms with Crippen LogP contribution < -0.4 is 14.8 Å². The van der Waals surface area contributed by atoms with Crippen LogP contribution in [0, 0.1) is 0 Å². The van der Waals surface area contributed by atoms with Crippen LogP contribution in [0.4, 0.5) is 0 Å². The highest BCUT2D eigenvalue weighted by Crippen LogP contribution is 2.23. The highest BCUT2D eigenvalue weighted by molar-refractivity contribution is 5.40. The van der Waals surface area contributed by atoms with Gasteiger partial charge in [0.15, 0.2) is 0 Å². The Labute approximate surface area is 113 Å². The molecule has 2 rings (SSSR count). The lowest BCUT2D eigenvalue weighted by atomic mass is 10.2. The van der Waals surface area contributed by atoms with Crippen molar-refractivity contribution in [3.05, 3.63) is 42.0 Å². The van der Waals surface area contributed by atoms with Crippen LogP contribution in [0.3, 0.4) is 0 Å². The second-order valence-electron chi connectivity index (χ2n) is 4.24. The van der Waals surface area contributed by atoms with E-state index >= 15 is 0 Å². The zero-order valence-corrected chi connectivity index (χ0v) is 11.5. The SMILES string of the molecule is COc1ccc(OC)c(CNCc2nccn2C)c1. The molecule has 0 fully saturated rings. The standard InChI is InChI=1S/C14H19N3O2/c1-17-7-6-16-14(17)10-15-9-11-8-12(18-2)4-5-13(11)19-3/h4-8,15H,9-10H2,1-3H3. The molecule has 0 amide bonds. The van der Waals surface area contributed by atoms with Crippen LogP contribution in [0.1, 0.15) is 11.4 Å². The molecule has 0 bridgehead atoms. The predicted molar refractivity (Wildman–Crippen MR) is 73.3 cm³/mol. The molecule has 1 aromatic carbocycles. The van der Waals surface area contributed by atoms with E-state index in [-0.39, 0.29) is 0 Å². The fourth-order valence-electron chi connectivity index (χ4n) is 1.90. The number of nitrogens with one attached hydrogen (secondary N) is 1. The van der Waals surface area contributed by atoms with E-state index in [0.29, 0.717) is 13.1 Å². The van der Waals surface area contributed by atoms with Crippen molar-refractivity contribution in [2.45, 2.75) is 13.1 Å². The van der Waals surface area contributed by atoms with Crippen LogP contribution in [0.2, 0.25) is 0 Å². The molecule has 1 aromatic heterocycles. The largest absolute Gasteiger partial charge is 0.497 e. The Morgan fingerprint density at radius 1 is 1.21 bits per heavy atom. The van der Waals surface area contributed by atoms with Gasteiger partial charge >= 0.3 is 0 Å². The Bertz CT molecular complexity index is 537. The van der Waals surface area contributed by atoms with E-state index in [4.69, 9.17) is 9.47 Å². The van der Waals surface area contributed by atoms with Gasteiger partial charge in [0.05, 0.1) is 20.8 Å².